The number of rotatable bonds is 3. The van der Waals surface area contributed by atoms with Gasteiger partial charge < -0.3 is 15.7 Å². The fraction of sp³-hybridized carbons (Fsp3) is 0.500. The Hall–Kier alpha value is -1.62. The van der Waals surface area contributed by atoms with E-state index in [0.717, 1.165) is 31.7 Å². The molecule has 0 unspecified atom stereocenters. The maximum absolute atomic E-state index is 10.9. The lowest BCUT2D eigenvalue weighted by Crippen LogP contribution is -2.35. The molecule has 3 N–H and O–H groups in total. The Kier molecular flexibility index (Phi) is 3.58. The third-order valence-corrected chi connectivity index (χ3v) is 3.01. The molecule has 2 rings (SSSR count). The number of aromatic carboxylic acids is 1. The molecule has 1 aromatic heterocycles. The number of aromatic nitrogens is 1. The highest BCUT2D eigenvalue weighted by Crippen LogP contribution is 2.14. The van der Waals surface area contributed by atoms with Gasteiger partial charge in [-0.1, -0.05) is 0 Å². The van der Waals surface area contributed by atoms with Crippen LogP contribution in [0.2, 0.25) is 0 Å². The number of hydrogen-bond acceptors (Lipinski definition) is 4. The van der Waals surface area contributed by atoms with Gasteiger partial charge in [0, 0.05) is 6.04 Å². The van der Waals surface area contributed by atoms with Gasteiger partial charge in [-0.15, -0.1) is 0 Å². The molecular weight excluding hydrogens is 218 g/mol. The van der Waals surface area contributed by atoms with Crippen molar-refractivity contribution >= 4 is 11.8 Å². The maximum Gasteiger partial charge on any atom is 0.337 e. The summed E-state index contributed by atoms with van der Waals surface area (Å²) in [6.07, 6.45) is 2.14. The summed E-state index contributed by atoms with van der Waals surface area (Å²) in [7, 11) is 0. The van der Waals surface area contributed by atoms with Crippen LogP contribution in [-0.2, 0) is 0 Å². The summed E-state index contributed by atoms with van der Waals surface area (Å²) in [6, 6.07) is 3.77. The number of hydrogen-bond donors (Lipinski definition) is 3. The summed E-state index contributed by atoms with van der Waals surface area (Å²) in [5, 5.41) is 15.6. The number of nitrogens with one attached hydrogen (secondary N) is 2. The van der Waals surface area contributed by atoms with Gasteiger partial charge in [-0.2, -0.15) is 0 Å². The number of anilines is 1. The molecule has 0 atom stereocenters. The molecule has 1 saturated heterocycles. The molecule has 17 heavy (non-hydrogen) atoms. The van der Waals surface area contributed by atoms with Gasteiger partial charge in [0.2, 0.25) is 0 Å². The van der Waals surface area contributed by atoms with Crippen LogP contribution in [0.4, 0.5) is 5.82 Å². The van der Waals surface area contributed by atoms with Crippen LogP contribution in [0.25, 0.3) is 0 Å². The zero-order valence-corrected chi connectivity index (χ0v) is 9.86. The van der Waals surface area contributed by atoms with E-state index in [1.807, 2.05) is 0 Å². The van der Waals surface area contributed by atoms with Crippen LogP contribution in [-0.4, -0.2) is 35.2 Å². The first-order valence-electron chi connectivity index (χ1n) is 5.85. The average molecular weight is 235 g/mol. The van der Waals surface area contributed by atoms with Crippen LogP contribution in [0.1, 0.15) is 28.9 Å². The number of carboxylic acid groups (broad SMARTS) is 1. The smallest absolute Gasteiger partial charge is 0.337 e. The van der Waals surface area contributed by atoms with E-state index in [4.69, 9.17) is 5.11 Å². The molecule has 1 fully saturated rings. The first kappa shape index (κ1) is 11.9. The van der Waals surface area contributed by atoms with Crippen LogP contribution in [0.3, 0.4) is 0 Å². The van der Waals surface area contributed by atoms with E-state index in [9.17, 15) is 4.79 Å². The summed E-state index contributed by atoms with van der Waals surface area (Å²) in [4.78, 5) is 15.1. The number of pyridine rings is 1. The highest BCUT2D eigenvalue weighted by atomic mass is 16.4. The van der Waals surface area contributed by atoms with Crippen molar-refractivity contribution in [1.29, 1.82) is 0 Å². The Balaban J connectivity index is 2.06. The van der Waals surface area contributed by atoms with Crippen molar-refractivity contribution in [2.45, 2.75) is 25.8 Å². The Labute approximate surface area is 100 Å². The van der Waals surface area contributed by atoms with E-state index in [0.29, 0.717) is 11.7 Å². The molecule has 1 aliphatic heterocycles. The molecule has 1 aromatic rings. The zero-order chi connectivity index (χ0) is 12.3. The van der Waals surface area contributed by atoms with Gasteiger partial charge in [0.05, 0.1) is 11.3 Å². The number of piperidine rings is 1. The average Bonchev–Trinajstić information content (AvgIpc) is 2.30. The molecule has 0 aromatic carbocycles. The zero-order valence-electron chi connectivity index (χ0n) is 9.86. The summed E-state index contributed by atoms with van der Waals surface area (Å²) >= 11 is 0. The summed E-state index contributed by atoms with van der Waals surface area (Å²) in [5.74, 6) is -0.164. The Bertz CT molecular complexity index is 414. The van der Waals surface area contributed by atoms with E-state index in [1.54, 1.807) is 19.1 Å². The third kappa shape index (κ3) is 2.94. The van der Waals surface area contributed by atoms with Crippen molar-refractivity contribution in [3.05, 3.63) is 23.4 Å². The van der Waals surface area contributed by atoms with Crippen molar-refractivity contribution in [2.75, 3.05) is 18.4 Å². The molecule has 92 valence electrons. The third-order valence-electron chi connectivity index (χ3n) is 3.01. The van der Waals surface area contributed by atoms with Crippen molar-refractivity contribution in [3.63, 3.8) is 0 Å². The molecule has 0 radical (unpaired) electrons. The van der Waals surface area contributed by atoms with Gasteiger partial charge in [0.15, 0.2) is 0 Å². The van der Waals surface area contributed by atoms with Gasteiger partial charge in [0.25, 0.3) is 0 Å². The number of aryl methyl sites for hydroxylation is 1. The first-order valence-corrected chi connectivity index (χ1v) is 5.85. The predicted octanol–water partition coefficient (Wildman–Crippen LogP) is 1.25. The molecule has 0 aliphatic carbocycles. The van der Waals surface area contributed by atoms with Crippen LogP contribution in [0.5, 0.6) is 0 Å². The molecule has 1 aliphatic rings. The largest absolute Gasteiger partial charge is 0.478 e. The van der Waals surface area contributed by atoms with Gasteiger partial charge in [-0.3, -0.25) is 0 Å². The molecule has 2 heterocycles. The van der Waals surface area contributed by atoms with E-state index in [1.165, 1.54) is 0 Å². The van der Waals surface area contributed by atoms with Gasteiger partial charge in [0.1, 0.15) is 5.82 Å². The van der Waals surface area contributed by atoms with Gasteiger partial charge in [-0.25, -0.2) is 9.78 Å². The summed E-state index contributed by atoms with van der Waals surface area (Å²) < 4.78 is 0. The lowest BCUT2D eigenvalue weighted by molar-refractivity contribution is 0.0695. The number of carbonyl (C=O) groups is 1. The van der Waals surface area contributed by atoms with Crippen molar-refractivity contribution in [1.82, 2.24) is 10.3 Å². The second kappa shape index (κ2) is 5.14. The van der Waals surface area contributed by atoms with E-state index in [-0.39, 0.29) is 5.56 Å². The fourth-order valence-corrected chi connectivity index (χ4v) is 2.04. The van der Waals surface area contributed by atoms with Crippen LogP contribution < -0.4 is 10.6 Å². The van der Waals surface area contributed by atoms with E-state index >= 15 is 0 Å². The summed E-state index contributed by atoms with van der Waals surface area (Å²) in [6.45, 7) is 3.75. The SMILES string of the molecule is Cc1nc(NC2CCNCC2)ccc1C(=O)O. The predicted molar refractivity (Wildman–Crippen MR) is 65.4 cm³/mol. The molecule has 5 nitrogen and oxygen atoms in total. The molecule has 0 bridgehead atoms. The number of nitrogens with zero attached hydrogens (tertiary/aromatic N) is 1. The van der Waals surface area contributed by atoms with E-state index in [2.05, 4.69) is 15.6 Å². The van der Waals surface area contributed by atoms with Crippen molar-refractivity contribution < 1.29 is 9.90 Å². The molecule has 0 spiro atoms. The Morgan fingerprint density at radius 1 is 1.47 bits per heavy atom. The first-order chi connectivity index (χ1) is 8.16. The topological polar surface area (TPSA) is 74.2 Å². The quantitative estimate of drug-likeness (QED) is 0.735. The Morgan fingerprint density at radius 3 is 2.76 bits per heavy atom. The van der Waals surface area contributed by atoms with Gasteiger partial charge >= 0.3 is 5.97 Å². The summed E-state index contributed by atoms with van der Waals surface area (Å²) in [5.41, 5.74) is 0.817. The van der Waals surface area contributed by atoms with E-state index < -0.39 is 5.97 Å². The molecular formula is C12H17N3O2. The van der Waals surface area contributed by atoms with Gasteiger partial charge in [-0.05, 0) is 45.0 Å². The van der Waals surface area contributed by atoms with Crippen LogP contribution in [0.15, 0.2) is 12.1 Å². The van der Waals surface area contributed by atoms with Crippen LogP contribution in [0, 0.1) is 6.92 Å². The highest BCUT2D eigenvalue weighted by Gasteiger charge is 2.14. The minimum absolute atomic E-state index is 0.265. The molecule has 0 amide bonds. The second-order valence-corrected chi connectivity index (χ2v) is 4.30. The Morgan fingerprint density at radius 2 is 2.18 bits per heavy atom. The lowest BCUT2D eigenvalue weighted by atomic mass is 10.1. The monoisotopic (exact) mass is 235 g/mol. The second-order valence-electron chi connectivity index (χ2n) is 4.30. The minimum Gasteiger partial charge on any atom is -0.478 e. The standard InChI is InChI=1S/C12H17N3O2/c1-8-10(12(16)17)2-3-11(14-8)15-9-4-6-13-7-5-9/h2-3,9,13H,4-7H2,1H3,(H,14,15)(H,16,17). The number of carboxylic acids is 1. The minimum atomic E-state index is -0.927. The lowest BCUT2D eigenvalue weighted by Gasteiger charge is -2.24. The maximum atomic E-state index is 10.9. The van der Waals surface area contributed by atoms with Crippen LogP contribution >= 0.6 is 0 Å². The fourth-order valence-electron chi connectivity index (χ4n) is 2.04. The van der Waals surface area contributed by atoms with Crippen molar-refractivity contribution in [3.8, 4) is 0 Å². The van der Waals surface area contributed by atoms with Crippen molar-refractivity contribution in [2.24, 2.45) is 0 Å². The normalized spacial score (nSPS) is 16.8. The molecule has 0 saturated carbocycles. The highest BCUT2D eigenvalue weighted by molar-refractivity contribution is 5.89. The molecule has 5 heteroatoms.